The molecular weight excluding hydrogens is 334 g/mol. The zero-order chi connectivity index (χ0) is 17.1. The first-order valence-electron chi connectivity index (χ1n) is 7.14. The summed E-state index contributed by atoms with van der Waals surface area (Å²) in [6.45, 7) is 0. The highest BCUT2D eigenvalue weighted by molar-refractivity contribution is 6.29. The number of para-hydroxylation sites is 1. The van der Waals surface area contributed by atoms with Crippen LogP contribution >= 0.6 is 11.6 Å². The lowest BCUT2D eigenvalue weighted by Gasteiger charge is -2.16. The van der Waals surface area contributed by atoms with Crippen LogP contribution in [0, 0.1) is 11.6 Å². The number of nitrogens with two attached hydrogens (primary N) is 1. The fourth-order valence-corrected chi connectivity index (χ4v) is 2.35. The summed E-state index contributed by atoms with van der Waals surface area (Å²) in [4.78, 5) is 3.92. The predicted molar refractivity (Wildman–Crippen MR) is 88.2 cm³/mol. The summed E-state index contributed by atoms with van der Waals surface area (Å²) in [6, 6.07) is 13.2. The van der Waals surface area contributed by atoms with Crippen molar-refractivity contribution in [3.05, 3.63) is 88.7 Å². The van der Waals surface area contributed by atoms with E-state index in [1.807, 2.05) is 0 Å². The number of rotatable bonds is 4. The molecule has 2 aromatic carbocycles. The van der Waals surface area contributed by atoms with Crippen molar-refractivity contribution in [2.45, 2.75) is 6.04 Å². The maximum atomic E-state index is 14.7. The highest BCUT2D eigenvalue weighted by Crippen LogP contribution is 2.33. The van der Waals surface area contributed by atoms with Crippen LogP contribution in [0.3, 0.4) is 0 Å². The van der Waals surface area contributed by atoms with E-state index in [1.54, 1.807) is 42.5 Å². The van der Waals surface area contributed by atoms with Crippen LogP contribution in [0.4, 0.5) is 8.78 Å². The Morgan fingerprint density at radius 3 is 2.42 bits per heavy atom. The highest BCUT2D eigenvalue weighted by atomic mass is 35.5. The van der Waals surface area contributed by atoms with Gasteiger partial charge in [-0.1, -0.05) is 41.9 Å². The lowest BCUT2D eigenvalue weighted by molar-refractivity contribution is 0.403. The second kappa shape index (κ2) is 6.95. The van der Waals surface area contributed by atoms with Crippen molar-refractivity contribution in [2.75, 3.05) is 0 Å². The van der Waals surface area contributed by atoms with Crippen LogP contribution in [-0.4, -0.2) is 4.98 Å². The molecule has 3 rings (SSSR count). The molecule has 0 saturated carbocycles. The summed E-state index contributed by atoms with van der Waals surface area (Å²) in [6.07, 6.45) is 1.45. The Kier molecular flexibility index (Phi) is 4.74. The normalized spacial score (nSPS) is 12.0. The summed E-state index contributed by atoms with van der Waals surface area (Å²) in [5, 5.41) is 0.304. The highest BCUT2D eigenvalue weighted by Gasteiger charge is 2.21. The first kappa shape index (κ1) is 16.4. The van der Waals surface area contributed by atoms with Crippen molar-refractivity contribution in [3.8, 4) is 11.5 Å². The summed E-state index contributed by atoms with van der Waals surface area (Å²) in [5.41, 5.74) is 6.73. The summed E-state index contributed by atoms with van der Waals surface area (Å²) in [7, 11) is 0. The first-order valence-corrected chi connectivity index (χ1v) is 7.52. The molecule has 1 heterocycles. The molecule has 3 nitrogen and oxygen atoms in total. The Hall–Kier alpha value is -2.50. The molecule has 0 radical (unpaired) electrons. The van der Waals surface area contributed by atoms with Gasteiger partial charge in [0.05, 0.1) is 6.04 Å². The molecule has 0 bridgehead atoms. The molecule has 0 spiro atoms. The van der Waals surface area contributed by atoms with Gasteiger partial charge in [-0.2, -0.15) is 0 Å². The minimum absolute atomic E-state index is 0.103. The number of pyridine rings is 1. The van der Waals surface area contributed by atoms with E-state index in [1.165, 1.54) is 12.3 Å². The largest absolute Gasteiger partial charge is 0.451 e. The summed E-state index contributed by atoms with van der Waals surface area (Å²) >= 11 is 5.73. The second-order valence-corrected chi connectivity index (χ2v) is 5.47. The van der Waals surface area contributed by atoms with Gasteiger partial charge in [0.15, 0.2) is 17.4 Å². The van der Waals surface area contributed by atoms with Crippen LogP contribution in [0.25, 0.3) is 0 Å². The number of hydrogen-bond donors (Lipinski definition) is 1. The number of nitrogens with zero attached hydrogens (tertiary/aromatic N) is 1. The quantitative estimate of drug-likeness (QED) is 0.687. The molecule has 1 aromatic heterocycles. The number of aromatic nitrogens is 1. The molecule has 1 atom stereocenters. The van der Waals surface area contributed by atoms with Gasteiger partial charge >= 0.3 is 0 Å². The molecule has 3 aromatic rings. The third kappa shape index (κ3) is 3.37. The fraction of sp³-hybridized carbons (Fsp3) is 0.0556. The van der Waals surface area contributed by atoms with Crippen LogP contribution in [0.15, 0.2) is 60.8 Å². The molecule has 0 saturated heterocycles. The lowest BCUT2D eigenvalue weighted by atomic mass is 10.00. The van der Waals surface area contributed by atoms with Crippen molar-refractivity contribution in [2.24, 2.45) is 5.73 Å². The van der Waals surface area contributed by atoms with Gasteiger partial charge in [0.1, 0.15) is 10.9 Å². The average Bonchev–Trinajstić information content (AvgIpc) is 2.60. The molecule has 0 fully saturated rings. The molecule has 0 amide bonds. The number of benzene rings is 2. The minimum Gasteiger partial charge on any atom is -0.451 e. The second-order valence-electron chi connectivity index (χ2n) is 5.09. The van der Waals surface area contributed by atoms with E-state index in [0.29, 0.717) is 16.5 Å². The molecule has 1 unspecified atom stereocenters. The molecule has 0 aliphatic carbocycles. The maximum absolute atomic E-state index is 14.7. The van der Waals surface area contributed by atoms with Crippen LogP contribution in [0.1, 0.15) is 17.2 Å². The Labute approximate surface area is 142 Å². The smallest absolute Gasteiger partial charge is 0.198 e. The van der Waals surface area contributed by atoms with E-state index < -0.39 is 23.4 Å². The minimum atomic E-state index is -0.846. The molecule has 2 N–H and O–H groups in total. The van der Waals surface area contributed by atoms with Crippen LogP contribution < -0.4 is 10.5 Å². The van der Waals surface area contributed by atoms with Gasteiger partial charge in [-0.15, -0.1) is 0 Å². The van der Waals surface area contributed by atoms with E-state index in [2.05, 4.69) is 4.98 Å². The monoisotopic (exact) mass is 346 g/mol. The first-order chi connectivity index (χ1) is 11.6. The van der Waals surface area contributed by atoms with Crippen molar-refractivity contribution < 1.29 is 13.5 Å². The molecule has 0 aliphatic heterocycles. The van der Waals surface area contributed by atoms with Crippen molar-refractivity contribution in [1.82, 2.24) is 4.98 Å². The van der Waals surface area contributed by atoms with E-state index in [0.717, 1.165) is 6.07 Å². The van der Waals surface area contributed by atoms with Gasteiger partial charge in [-0.05, 0) is 29.8 Å². The topological polar surface area (TPSA) is 48.1 Å². The third-order valence-corrected chi connectivity index (χ3v) is 3.71. The summed E-state index contributed by atoms with van der Waals surface area (Å²) in [5.74, 6) is -1.81. The SMILES string of the molecule is NC(c1ccc(Cl)nc1)c1ccc(F)c(Oc2ccccc2)c1F. The van der Waals surface area contributed by atoms with Crippen LogP contribution in [0.5, 0.6) is 11.5 Å². The molecule has 24 heavy (non-hydrogen) atoms. The van der Waals surface area contributed by atoms with Gasteiger partial charge < -0.3 is 10.5 Å². The van der Waals surface area contributed by atoms with Gasteiger partial charge in [0, 0.05) is 11.8 Å². The zero-order valence-electron chi connectivity index (χ0n) is 12.4. The molecule has 122 valence electrons. The number of halogens is 3. The molecular formula is C18H13ClF2N2O. The number of hydrogen-bond acceptors (Lipinski definition) is 3. The molecule has 6 heteroatoms. The van der Waals surface area contributed by atoms with Gasteiger partial charge in [-0.3, -0.25) is 0 Å². The average molecular weight is 347 g/mol. The van der Waals surface area contributed by atoms with Crippen molar-refractivity contribution in [3.63, 3.8) is 0 Å². The Bertz CT molecular complexity index is 842. The lowest BCUT2D eigenvalue weighted by Crippen LogP contribution is -2.14. The Morgan fingerprint density at radius 1 is 1.00 bits per heavy atom. The third-order valence-electron chi connectivity index (χ3n) is 3.49. The Morgan fingerprint density at radius 2 is 1.75 bits per heavy atom. The van der Waals surface area contributed by atoms with Gasteiger partial charge in [0.25, 0.3) is 0 Å². The fourth-order valence-electron chi connectivity index (χ4n) is 2.24. The molecule has 0 aliphatic rings. The zero-order valence-corrected chi connectivity index (χ0v) is 13.2. The van der Waals surface area contributed by atoms with E-state index in [-0.39, 0.29) is 5.56 Å². The van der Waals surface area contributed by atoms with Crippen molar-refractivity contribution >= 4 is 11.6 Å². The van der Waals surface area contributed by atoms with E-state index in [4.69, 9.17) is 22.1 Å². The Balaban J connectivity index is 1.97. The van der Waals surface area contributed by atoms with E-state index in [9.17, 15) is 8.78 Å². The predicted octanol–water partition coefficient (Wildman–Crippen LogP) is 4.85. The van der Waals surface area contributed by atoms with Gasteiger partial charge in [0.2, 0.25) is 0 Å². The standard InChI is InChI=1S/C18H13ClF2N2O/c19-15-9-6-11(10-23-15)17(22)13-7-8-14(20)18(16(13)21)24-12-4-2-1-3-5-12/h1-10,17H,22H2. The number of ether oxygens (including phenoxy) is 1. The van der Waals surface area contributed by atoms with Gasteiger partial charge in [-0.25, -0.2) is 13.8 Å². The van der Waals surface area contributed by atoms with Crippen LogP contribution in [0.2, 0.25) is 5.15 Å². The van der Waals surface area contributed by atoms with Crippen molar-refractivity contribution in [1.29, 1.82) is 0 Å². The van der Waals surface area contributed by atoms with E-state index >= 15 is 0 Å². The van der Waals surface area contributed by atoms with Crippen LogP contribution in [-0.2, 0) is 0 Å². The summed E-state index contributed by atoms with van der Waals surface area (Å²) < 4.78 is 34.1. The maximum Gasteiger partial charge on any atom is 0.198 e.